The summed E-state index contributed by atoms with van der Waals surface area (Å²) in [5.41, 5.74) is 4.51. The Balaban J connectivity index is 0.720. The average Bonchev–Trinajstić information content (AvgIpc) is 3.90. The van der Waals surface area contributed by atoms with E-state index in [0.29, 0.717) is 110 Å². The van der Waals surface area contributed by atoms with Crippen molar-refractivity contribution >= 4 is 73.3 Å². The Morgan fingerprint density at radius 2 is 1.76 bits per heavy atom. The van der Waals surface area contributed by atoms with E-state index in [2.05, 4.69) is 36.6 Å². The zero-order chi connectivity index (χ0) is 43.0. The second kappa shape index (κ2) is 17.2. The number of anilines is 6. The lowest BCUT2D eigenvalue weighted by molar-refractivity contribution is -0.134. The molecule has 2 aromatic heterocycles. The molecular weight excluding hydrogens is 816 g/mol. The number of aromatic nitrogens is 3. The minimum absolute atomic E-state index is 0.0127. The number of halogens is 1. The summed E-state index contributed by atoms with van der Waals surface area (Å²) in [5.74, 6) is -0.00412. The van der Waals surface area contributed by atoms with Gasteiger partial charge in [-0.3, -0.25) is 24.0 Å². The smallest absolute Gasteiger partial charge is 0.234 e. The minimum atomic E-state index is -3.48. The first-order valence-corrected chi connectivity index (χ1v) is 22.9. The quantitative estimate of drug-likeness (QED) is 0.0649. The lowest BCUT2D eigenvalue weighted by Gasteiger charge is -2.35. The van der Waals surface area contributed by atoms with Gasteiger partial charge in [0, 0.05) is 63.0 Å². The molecule has 0 radical (unpaired) electrons. The van der Waals surface area contributed by atoms with Crippen molar-refractivity contribution in [3.63, 3.8) is 0 Å². The van der Waals surface area contributed by atoms with E-state index >= 15 is 4.39 Å². The molecule has 0 bridgehead atoms. The predicted octanol–water partition coefficient (Wildman–Crippen LogP) is 4.96. The Labute approximate surface area is 358 Å². The SMILES string of the molecule is CS(=O)(=O)N1CCc2cccc(Nc3nc(Nc4ccc(N5CCC(NCCNC(=O)C6CC(Oc7cccc(C8CCC(=O)NC8=O)c7)C6)CC5)c(F)c4)nc4[nH]ccc34)c21. The molecule has 324 valence electrons. The molecule has 5 aromatic rings. The molecule has 62 heavy (non-hydrogen) atoms. The summed E-state index contributed by atoms with van der Waals surface area (Å²) in [6, 6.07) is 20.1. The number of imide groups is 1. The van der Waals surface area contributed by atoms with Gasteiger partial charge >= 0.3 is 0 Å². The van der Waals surface area contributed by atoms with Crippen molar-refractivity contribution in [3.05, 3.63) is 89.9 Å². The van der Waals surface area contributed by atoms with Gasteiger partial charge in [-0.25, -0.2) is 12.8 Å². The summed E-state index contributed by atoms with van der Waals surface area (Å²) in [4.78, 5) is 51.1. The Kier molecular flexibility index (Phi) is 11.4. The lowest BCUT2D eigenvalue weighted by atomic mass is 9.81. The first-order chi connectivity index (χ1) is 29.9. The molecule has 3 aromatic carbocycles. The van der Waals surface area contributed by atoms with Gasteiger partial charge < -0.3 is 35.9 Å². The number of rotatable bonds is 14. The molecule has 16 nitrogen and oxygen atoms in total. The number of carbonyl (C=O) groups is 3. The molecule has 1 saturated carbocycles. The molecule has 1 atom stereocenters. The number of amides is 3. The van der Waals surface area contributed by atoms with Crippen LogP contribution in [0.3, 0.4) is 0 Å². The van der Waals surface area contributed by atoms with E-state index < -0.39 is 10.0 Å². The molecule has 3 fully saturated rings. The number of hydrogen-bond donors (Lipinski definition) is 6. The molecule has 18 heteroatoms. The van der Waals surface area contributed by atoms with E-state index in [9.17, 15) is 22.8 Å². The van der Waals surface area contributed by atoms with Gasteiger partial charge in [-0.05, 0) is 92.1 Å². The Bertz CT molecular complexity index is 2630. The van der Waals surface area contributed by atoms with Crippen molar-refractivity contribution in [2.75, 3.05) is 58.8 Å². The van der Waals surface area contributed by atoms with Gasteiger partial charge in [-0.1, -0.05) is 24.3 Å². The second-order valence-electron chi connectivity index (χ2n) is 16.4. The number of fused-ring (bicyclic) bond motifs is 2. The van der Waals surface area contributed by atoms with Crippen LogP contribution < -0.4 is 40.5 Å². The van der Waals surface area contributed by atoms with Crippen LogP contribution in [0.15, 0.2) is 72.9 Å². The van der Waals surface area contributed by atoms with Gasteiger partial charge in [-0.15, -0.1) is 0 Å². The normalized spacial score (nSPS) is 20.4. The van der Waals surface area contributed by atoms with Crippen LogP contribution in [0.1, 0.15) is 55.6 Å². The van der Waals surface area contributed by atoms with Crippen LogP contribution in [-0.2, 0) is 30.8 Å². The molecule has 3 amide bonds. The maximum absolute atomic E-state index is 15.7. The fourth-order valence-corrected chi connectivity index (χ4v) is 9.83. The van der Waals surface area contributed by atoms with Crippen LogP contribution in [0.5, 0.6) is 5.75 Å². The van der Waals surface area contributed by atoms with E-state index in [0.717, 1.165) is 24.0 Å². The summed E-state index contributed by atoms with van der Waals surface area (Å²) in [5, 5.41) is 16.2. The molecule has 3 aliphatic heterocycles. The van der Waals surface area contributed by atoms with Crippen LogP contribution in [0.25, 0.3) is 11.0 Å². The van der Waals surface area contributed by atoms with E-state index in [1.165, 1.54) is 16.6 Å². The fraction of sp³-hybridized carbons (Fsp3) is 0.386. The third kappa shape index (κ3) is 8.88. The van der Waals surface area contributed by atoms with Crippen molar-refractivity contribution in [1.29, 1.82) is 0 Å². The molecule has 1 unspecified atom stereocenters. The largest absolute Gasteiger partial charge is 0.490 e. The Morgan fingerprint density at radius 1 is 0.935 bits per heavy atom. The highest BCUT2D eigenvalue weighted by atomic mass is 32.2. The summed E-state index contributed by atoms with van der Waals surface area (Å²) in [7, 11) is -3.48. The summed E-state index contributed by atoms with van der Waals surface area (Å²) < 4.78 is 48.3. The highest BCUT2D eigenvalue weighted by Crippen LogP contribution is 2.40. The van der Waals surface area contributed by atoms with Gasteiger partial charge in [-0.2, -0.15) is 9.97 Å². The number of aromatic amines is 1. The molecule has 9 rings (SSSR count). The zero-order valence-corrected chi connectivity index (χ0v) is 35.1. The number of nitrogens with zero attached hydrogens (tertiary/aromatic N) is 4. The van der Waals surface area contributed by atoms with Crippen LogP contribution in [0.4, 0.5) is 38.9 Å². The summed E-state index contributed by atoms with van der Waals surface area (Å²) in [6.07, 6.45) is 7.17. The lowest BCUT2D eigenvalue weighted by Crippen LogP contribution is -2.47. The van der Waals surface area contributed by atoms with Gasteiger partial charge in [0.25, 0.3) is 0 Å². The van der Waals surface area contributed by atoms with Gasteiger partial charge in [0.05, 0.1) is 34.6 Å². The number of piperidine rings is 2. The number of benzene rings is 3. The van der Waals surface area contributed by atoms with Crippen molar-refractivity contribution in [2.45, 2.75) is 63.0 Å². The van der Waals surface area contributed by atoms with E-state index in [4.69, 9.17) is 9.72 Å². The minimum Gasteiger partial charge on any atom is -0.490 e. The topological polar surface area (TPSA) is 203 Å². The number of hydrogen-bond acceptors (Lipinski definition) is 12. The first kappa shape index (κ1) is 41.1. The fourth-order valence-electron chi connectivity index (χ4n) is 8.86. The third-order valence-corrected chi connectivity index (χ3v) is 13.4. The number of nitrogens with one attached hydrogen (secondary N) is 6. The molecule has 6 N–H and O–H groups in total. The van der Waals surface area contributed by atoms with Crippen molar-refractivity contribution in [3.8, 4) is 5.75 Å². The van der Waals surface area contributed by atoms with Crippen molar-refractivity contribution in [1.82, 2.24) is 30.9 Å². The maximum Gasteiger partial charge on any atom is 0.234 e. The van der Waals surface area contributed by atoms with Crippen LogP contribution in [-0.4, -0.2) is 92.2 Å². The van der Waals surface area contributed by atoms with Crippen LogP contribution >= 0.6 is 0 Å². The monoisotopic (exact) mass is 864 g/mol. The number of carbonyl (C=O) groups excluding carboxylic acids is 3. The van der Waals surface area contributed by atoms with E-state index in [-0.39, 0.29) is 53.5 Å². The molecule has 5 heterocycles. The van der Waals surface area contributed by atoms with Crippen LogP contribution in [0.2, 0.25) is 0 Å². The molecule has 2 saturated heterocycles. The number of ether oxygens (including phenoxy) is 1. The number of H-pyrrole nitrogens is 1. The zero-order valence-electron chi connectivity index (χ0n) is 34.2. The molecule has 4 aliphatic rings. The highest BCUT2D eigenvalue weighted by molar-refractivity contribution is 7.92. The standard InChI is InChI=1S/C44H49FN10O6S/c1-62(59,60)55-21-13-26-4-3-7-36(39(26)55)50-41-34-12-16-47-40(34)52-44(53-41)49-30-8-10-37(35(45)25-30)54-19-14-29(15-20-54)46-17-18-48-42(57)28-23-32(24-28)61-31-6-2-5-27(22-31)33-9-11-38(56)51-43(33)58/h2-8,10,12,16,22,25,28-29,32-33,46H,9,11,13-15,17-21,23-24H2,1H3,(H,48,57)(H,51,56,58)(H3,47,49,50,52,53). The van der Waals surface area contributed by atoms with E-state index in [1.807, 2.05) is 53.4 Å². The first-order valence-electron chi connectivity index (χ1n) is 21.1. The van der Waals surface area contributed by atoms with Crippen LogP contribution in [0, 0.1) is 11.7 Å². The average molecular weight is 865 g/mol. The number of para-hydroxylation sites is 1. The maximum atomic E-state index is 15.7. The second-order valence-corrected chi connectivity index (χ2v) is 18.3. The Hall–Kier alpha value is -6.27. The van der Waals surface area contributed by atoms with Crippen molar-refractivity contribution < 1.29 is 31.9 Å². The van der Waals surface area contributed by atoms with Gasteiger partial charge in [0.1, 0.15) is 29.1 Å². The molecular formula is C44H49FN10O6S. The van der Waals surface area contributed by atoms with E-state index in [1.54, 1.807) is 18.3 Å². The van der Waals surface area contributed by atoms with Gasteiger partial charge in [0.15, 0.2) is 0 Å². The predicted molar refractivity (Wildman–Crippen MR) is 234 cm³/mol. The van der Waals surface area contributed by atoms with Crippen molar-refractivity contribution in [2.24, 2.45) is 5.92 Å². The summed E-state index contributed by atoms with van der Waals surface area (Å²) >= 11 is 0. The molecule has 0 spiro atoms. The number of sulfonamides is 1. The third-order valence-electron chi connectivity index (χ3n) is 12.2. The summed E-state index contributed by atoms with van der Waals surface area (Å²) in [6.45, 7) is 2.86. The Morgan fingerprint density at radius 3 is 2.55 bits per heavy atom. The van der Waals surface area contributed by atoms with Gasteiger partial charge in [0.2, 0.25) is 33.7 Å². The highest BCUT2D eigenvalue weighted by Gasteiger charge is 2.36. The molecule has 1 aliphatic carbocycles.